The Morgan fingerprint density at radius 2 is 1.90 bits per heavy atom. The van der Waals surface area contributed by atoms with E-state index in [0.717, 1.165) is 9.28 Å². The van der Waals surface area contributed by atoms with Gasteiger partial charge in [-0.1, -0.05) is 17.3 Å². The second-order valence-corrected chi connectivity index (χ2v) is 5.68. The Morgan fingerprint density at radius 1 is 1.25 bits per heavy atom. The van der Waals surface area contributed by atoms with Gasteiger partial charge in [0.1, 0.15) is 0 Å². The number of piperidine rings is 1. The lowest BCUT2D eigenvalue weighted by molar-refractivity contribution is -0.128. The first-order valence-electron chi connectivity index (χ1n) is 6.35. The summed E-state index contributed by atoms with van der Waals surface area (Å²) < 4.78 is 0.835. The zero-order valence-corrected chi connectivity index (χ0v) is 13.3. The van der Waals surface area contributed by atoms with Crippen molar-refractivity contribution in [3.8, 4) is 0 Å². The molecule has 0 radical (unpaired) electrons. The first-order valence-corrected chi connectivity index (χ1v) is 7.43. The molecule has 0 saturated carbocycles. The molecule has 1 heterocycles. The van der Waals surface area contributed by atoms with E-state index in [-0.39, 0.29) is 5.91 Å². The number of halogens is 1. The molecule has 0 aliphatic carbocycles. The second-order valence-electron chi connectivity index (χ2n) is 4.52. The molecule has 1 aromatic carbocycles. The van der Waals surface area contributed by atoms with E-state index in [1.807, 2.05) is 12.1 Å². The molecule has 5 nitrogen and oxygen atoms in total. The highest BCUT2D eigenvalue weighted by molar-refractivity contribution is 14.1. The van der Waals surface area contributed by atoms with Crippen molar-refractivity contribution in [2.24, 2.45) is 5.16 Å². The van der Waals surface area contributed by atoms with Gasteiger partial charge in [0.2, 0.25) is 5.91 Å². The number of hydrogen-bond donors (Lipinski definition) is 0. The zero-order chi connectivity index (χ0) is 14.5. The predicted molar refractivity (Wildman–Crippen MR) is 83.5 cm³/mol. The van der Waals surface area contributed by atoms with Gasteiger partial charge in [-0.3, -0.25) is 4.79 Å². The normalized spacial score (nSPS) is 14.9. The Labute approximate surface area is 131 Å². The van der Waals surface area contributed by atoms with Gasteiger partial charge in [-0.25, -0.2) is 4.79 Å². The fourth-order valence-electron chi connectivity index (χ4n) is 1.95. The molecule has 0 bridgehead atoms. The third-order valence-electron chi connectivity index (χ3n) is 3.14. The predicted octanol–water partition coefficient (Wildman–Crippen LogP) is 2.45. The van der Waals surface area contributed by atoms with E-state index in [1.165, 1.54) is 0 Å². The summed E-state index contributed by atoms with van der Waals surface area (Å²) in [6.45, 7) is 2.82. The summed E-state index contributed by atoms with van der Waals surface area (Å²) in [5.74, 6) is -0.378. The standard InChI is InChI=1S/C14H15IN2O3/c1-10(18)17-8-6-11(7-9-17)16-20-14(19)12-4-2-3-5-13(12)15/h2-5H,6-9H2,1H3. The highest BCUT2D eigenvalue weighted by Gasteiger charge is 2.18. The number of rotatable bonds is 2. The zero-order valence-electron chi connectivity index (χ0n) is 11.1. The SMILES string of the molecule is CC(=O)N1CCC(=NOC(=O)c2ccccc2I)CC1. The summed E-state index contributed by atoms with van der Waals surface area (Å²) in [6.07, 6.45) is 1.30. The van der Waals surface area contributed by atoms with Crippen LogP contribution in [0.5, 0.6) is 0 Å². The molecule has 20 heavy (non-hydrogen) atoms. The molecule has 0 unspecified atom stereocenters. The van der Waals surface area contributed by atoms with Gasteiger partial charge in [-0.15, -0.1) is 0 Å². The summed E-state index contributed by atoms with van der Waals surface area (Å²) in [5.41, 5.74) is 1.33. The molecular formula is C14H15IN2O3. The largest absolute Gasteiger partial charge is 0.366 e. The van der Waals surface area contributed by atoms with Gasteiger partial charge < -0.3 is 9.74 Å². The minimum absolute atomic E-state index is 0.0693. The van der Waals surface area contributed by atoms with Crippen LogP contribution in [0, 0.1) is 3.57 Å². The molecule has 106 valence electrons. The van der Waals surface area contributed by atoms with Crippen molar-refractivity contribution in [2.75, 3.05) is 13.1 Å². The van der Waals surface area contributed by atoms with Crippen LogP contribution >= 0.6 is 22.6 Å². The maximum atomic E-state index is 11.9. The Morgan fingerprint density at radius 3 is 2.50 bits per heavy atom. The number of benzene rings is 1. The average Bonchev–Trinajstić information content (AvgIpc) is 2.45. The van der Waals surface area contributed by atoms with E-state index in [1.54, 1.807) is 24.0 Å². The molecule has 1 saturated heterocycles. The van der Waals surface area contributed by atoms with Crippen LogP contribution in [0.1, 0.15) is 30.1 Å². The molecule has 0 atom stereocenters. The van der Waals surface area contributed by atoms with Crippen LogP contribution < -0.4 is 0 Å². The Balaban J connectivity index is 1.92. The van der Waals surface area contributed by atoms with Crippen LogP contribution in [-0.2, 0) is 9.63 Å². The number of hydrogen-bond acceptors (Lipinski definition) is 4. The van der Waals surface area contributed by atoms with Crippen molar-refractivity contribution in [3.05, 3.63) is 33.4 Å². The molecule has 1 aliphatic heterocycles. The Bertz CT molecular complexity index is 547. The molecule has 0 aromatic heterocycles. The third kappa shape index (κ3) is 3.78. The van der Waals surface area contributed by atoms with Crippen molar-refractivity contribution in [2.45, 2.75) is 19.8 Å². The summed E-state index contributed by atoms with van der Waals surface area (Å²) in [6, 6.07) is 7.21. The molecule has 0 spiro atoms. The fraction of sp³-hybridized carbons (Fsp3) is 0.357. The molecule has 0 N–H and O–H groups in total. The van der Waals surface area contributed by atoms with Crippen LogP contribution in [-0.4, -0.2) is 35.6 Å². The molecule has 2 rings (SSSR count). The van der Waals surface area contributed by atoms with Crippen molar-refractivity contribution in [1.29, 1.82) is 0 Å². The van der Waals surface area contributed by atoms with E-state index in [9.17, 15) is 9.59 Å². The lowest BCUT2D eigenvalue weighted by Gasteiger charge is -2.25. The van der Waals surface area contributed by atoms with Crippen LogP contribution in [0.3, 0.4) is 0 Å². The van der Waals surface area contributed by atoms with E-state index < -0.39 is 5.97 Å². The van der Waals surface area contributed by atoms with Crippen LogP contribution in [0.4, 0.5) is 0 Å². The lowest BCUT2D eigenvalue weighted by atomic mass is 10.1. The summed E-state index contributed by atoms with van der Waals surface area (Å²) >= 11 is 2.09. The lowest BCUT2D eigenvalue weighted by Crippen LogP contribution is -2.37. The number of nitrogens with zero attached hydrogens (tertiary/aromatic N) is 2. The highest BCUT2D eigenvalue weighted by Crippen LogP contribution is 2.13. The van der Waals surface area contributed by atoms with Crippen LogP contribution in [0.25, 0.3) is 0 Å². The summed E-state index contributed by atoms with van der Waals surface area (Å²) in [4.78, 5) is 29.8. The number of carbonyl (C=O) groups is 2. The number of amides is 1. The Hall–Kier alpha value is -1.44. The topological polar surface area (TPSA) is 59.0 Å². The Kier molecular flexibility index (Phi) is 5.11. The van der Waals surface area contributed by atoms with E-state index in [0.29, 0.717) is 31.5 Å². The minimum atomic E-state index is -0.448. The third-order valence-corrected chi connectivity index (χ3v) is 4.08. The van der Waals surface area contributed by atoms with Crippen molar-refractivity contribution in [3.63, 3.8) is 0 Å². The van der Waals surface area contributed by atoms with Gasteiger partial charge >= 0.3 is 5.97 Å². The summed E-state index contributed by atoms with van der Waals surface area (Å²) in [7, 11) is 0. The average molecular weight is 386 g/mol. The number of oxime groups is 1. The maximum absolute atomic E-state index is 11.9. The van der Waals surface area contributed by atoms with Crippen molar-refractivity contribution >= 4 is 40.2 Å². The van der Waals surface area contributed by atoms with Gasteiger partial charge in [0.25, 0.3) is 0 Å². The second kappa shape index (κ2) is 6.83. The molecular weight excluding hydrogens is 371 g/mol. The van der Waals surface area contributed by atoms with Crippen molar-refractivity contribution < 1.29 is 14.4 Å². The fourth-order valence-corrected chi connectivity index (χ4v) is 2.56. The minimum Gasteiger partial charge on any atom is -0.342 e. The smallest absolute Gasteiger partial charge is 0.342 e. The number of likely N-dealkylation sites (tertiary alicyclic amines) is 1. The molecule has 1 fully saturated rings. The van der Waals surface area contributed by atoms with Gasteiger partial charge in [0.15, 0.2) is 0 Å². The molecule has 1 aromatic rings. The summed E-state index contributed by atoms with van der Waals surface area (Å²) in [5, 5.41) is 3.92. The molecule has 1 amide bonds. The van der Waals surface area contributed by atoms with Gasteiger partial charge in [-0.2, -0.15) is 0 Å². The van der Waals surface area contributed by atoms with Gasteiger partial charge in [0.05, 0.1) is 11.3 Å². The number of carbonyl (C=O) groups excluding carboxylic acids is 2. The maximum Gasteiger partial charge on any atom is 0.366 e. The highest BCUT2D eigenvalue weighted by atomic mass is 127. The van der Waals surface area contributed by atoms with Gasteiger partial charge in [0, 0.05) is 36.4 Å². The molecule has 6 heteroatoms. The van der Waals surface area contributed by atoms with E-state index >= 15 is 0 Å². The van der Waals surface area contributed by atoms with Crippen LogP contribution in [0.15, 0.2) is 29.4 Å². The van der Waals surface area contributed by atoms with Crippen LogP contribution in [0.2, 0.25) is 0 Å². The monoisotopic (exact) mass is 386 g/mol. The first kappa shape index (κ1) is 15.0. The van der Waals surface area contributed by atoms with E-state index in [2.05, 4.69) is 27.7 Å². The van der Waals surface area contributed by atoms with Gasteiger partial charge in [-0.05, 0) is 34.7 Å². The quantitative estimate of drug-likeness (QED) is 0.446. The molecule has 1 aliphatic rings. The van der Waals surface area contributed by atoms with E-state index in [4.69, 9.17) is 4.84 Å². The first-order chi connectivity index (χ1) is 9.58. The van der Waals surface area contributed by atoms with Crippen molar-refractivity contribution in [1.82, 2.24) is 4.90 Å².